The Balaban J connectivity index is 1.80. The highest BCUT2D eigenvalue weighted by Gasteiger charge is 2.27. The molecule has 1 fully saturated rings. The van der Waals surface area contributed by atoms with Crippen molar-refractivity contribution < 1.29 is 13.2 Å². The molecule has 3 rings (SSSR count). The standard InChI is InChI=1S/C17H22N4O3S/c1-24-16-9-10-18-17(20-16)19-13-14-7-3-4-8-15(14)25(22,23)21-11-5-2-6-12-21/h3-4,7-10H,2,5-6,11-13H2,1H3,(H,18,19,20). The van der Waals surface area contributed by atoms with Gasteiger partial charge < -0.3 is 10.1 Å². The second kappa shape index (κ2) is 7.79. The molecule has 1 aliphatic heterocycles. The number of anilines is 1. The Kier molecular flexibility index (Phi) is 5.50. The topological polar surface area (TPSA) is 84.4 Å². The number of methoxy groups -OCH3 is 1. The second-order valence-corrected chi connectivity index (χ2v) is 7.75. The fourth-order valence-electron chi connectivity index (χ4n) is 2.86. The van der Waals surface area contributed by atoms with Crippen molar-refractivity contribution in [3.8, 4) is 5.88 Å². The van der Waals surface area contributed by atoms with Crippen LogP contribution < -0.4 is 10.1 Å². The predicted octanol–water partition coefficient (Wildman–Crippen LogP) is 2.27. The summed E-state index contributed by atoms with van der Waals surface area (Å²) in [6.07, 6.45) is 4.50. The van der Waals surface area contributed by atoms with Gasteiger partial charge in [0, 0.05) is 31.9 Å². The van der Waals surface area contributed by atoms with Crippen LogP contribution in [0.5, 0.6) is 5.88 Å². The second-order valence-electron chi connectivity index (χ2n) is 5.85. The monoisotopic (exact) mass is 362 g/mol. The summed E-state index contributed by atoms with van der Waals surface area (Å²) in [5.41, 5.74) is 0.694. The summed E-state index contributed by atoms with van der Waals surface area (Å²) >= 11 is 0. The van der Waals surface area contributed by atoms with Crippen molar-refractivity contribution >= 4 is 16.0 Å². The lowest BCUT2D eigenvalue weighted by molar-refractivity contribution is 0.346. The number of hydrogen-bond acceptors (Lipinski definition) is 6. The largest absolute Gasteiger partial charge is 0.481 e. The molecular weight excluding hydrogens is 340 g/mol. The van der Waals surface area contributed by atoms with Crippen LogP contribution in [0.3, 0.4) is 0 Å². The van der Waals surface area contributed by atoms with Gasteiger partial charge in [0.05, 0.1) is 12.0 Å². The Hall–Kier alpha value is -2.19. The van der Waals surface area contributed by atoms with Crippen molar-refractivity contribution in [2.45, 2.75) is 30.7 Å². The van der Waals surface area contributed by atoms with E-state index in [2.05, 4.69) is 15.3 Å². The molecule has 0 spiro atoms. The van der Waals surface area contributed by atoms with Crippen LogP contribution in [0.25, 0.3) is 0 Å². The number of sulfonamides is 1. The lowest BCUT2D eigenvalue weighted by Gasteiger charge is -2.26. The minimum absolute atomic E-state index is 0.316. The molecular formula is C17H22N4O3S. The number of piperidine rings is 1. The van der Waals surface area contributed by atoms with Gasteiger partial charge in [-0.25, -0.2) is 13.4 Å². The average molecular weight is 362 g/mol. The van der Waals surface area contributed by atoms with Crippen LogP contribution in [0.4, 0.5) is 5.95 Å². The molecule has 0 radical (unpaired) electrons. The smallest absolute Gasteiger partial charge is 0.243 e. The summed E-state index contributed by atoms with van der Waals surface area (Å²) < 4.78 is 32.6. The summed E-state index contributed by atoms with van der Waals surface area (Å²) in [7, 11) is -1.95. The molecule has 0 aliphatic carbocycles. The molecule has 0 unspecified atom stereocenters. The molecule has 0 atom stereocenters. The van der Waals surface area contributed by atoms with Crippen molar-refractivity contribution in [2.24, 2.45) is 0 Å². The number of nitrogens with zero attached hydrogens (tertiary/aromatic N) is 3. The van der Waals surface area contributed by atoms with Crippen LogP contribution in [0.15, 0.2) is 41.4 Å². The van der Waals surface area contributed by atoms with E-state index in [9.17, 15) is 8.42 Å². The quantitative estimate of drug-likeness (QED) is 0.849. The Labute approximate surface area is 148 Å². The average Bonchev–Trinajstić information content (AvgIpc) is 2.67. The molecule has 25 heavy (non-hydrogen) atoms. The van der Waals surface area contributed by atoms with Crippen molar-refractivity contribution in [3.63, 3.8) is 0 Å². The van der Waals surface area contributed by atoms with Crippen LogP contribution >= 0.6 is 0 Å². The zero-order valence-electron chi connectivity index (χ0n) is 14.2. The van der Waals surface area contributed by atoms with Crippen molar-refractivity contribution in [1.29, 1.82) is 0 Å². The number of benzene rings is 1. The first-order valence-corrected chi connectivity index (χ1v) is 9.74. The molecule has 0 saturated carbocycles. The molecule has 1 aliphatic rings. The van der Waals surface area contributed by atoms with Gasteiger partial charge in [-0.15, -0.1) is 0 Å². The van der Waals surface area contributed by atoms with E-state index >= 15 is 0 Å². The summed E-state index contributed by atoms with van der Waals surface area (Å²) in [6.45, 7) is 1.49. The molecule has 1 aromatic carbocycles. The maximum absolute atomic E-state index is 13.0. The Morgan fingerprint density at radius 2 is 1.92 bits per heavy atom. The van der Waals surface area contributed by atoms with Gasteiger partial charge in [0.25, 0.3) is 0 Å². The number of ether oxygens (including phenoxy) is 1. The molecule has 2 aromatic rings. The van der Waals surface area contributed by atoms with Crippen LogP contribution in [0, 0.1) is 0 Å². The van der Waals surface area contributed by atoms with Gasteiger partial charge in [-0.05, 0) is 24.5 Å². The molecule has 7 nitrogen and oxygen atoms in total. The van der Waals surface area contributed by atoms with Crippen molar-refractivity contribution in [2.75, 3.05) is 25.5 Å². The van der Waals surface area contributed by atoms with Gasteiger partial charge in [0.2, 0.25) is 21.9 Å². The number of aromatic nitrogens is 2. The number of hydrogen-bond donors (Lipinski definition) is 1. The Morgan fingerprint density at radius 1 is 1.16 bits per heavy atom. The molecule has 134 valence electrons. The molecule has 1 saturated heterocycles. The number of rotatable bonds is 6. The normalized spacial score (nSPS) is 15.7. The molecule has 8 heteroatoms. The zero-order chi connectivity index (χ0) is 17.7. The van der Waals surface area contributed by atoms with Gasteiger partial charge >= 0.3 is 0 Å². The van der Waals surface area contributed by atoms with E-state index in [1.54, 1.807) is 28.7 Å². The van der Waals surface area contributed by atoms with E-state index in [4.69, 9.17) is 4.74 Å². The van der Waals surface area contributed by atoms with Crippen molar-refractivity contribution in [3.05, 3.63) is 42.1 Å². The van der Waals surface area contributed by atoms with Gasteiger partial charge in [-0.2, -0.15) is 9.29 Å². The molecule has 2 heterocycles. The Bertz CT molecular complexity index is 820. The zero-order valence-corrected chi connectivity index (χ0v) is 15.0. The first-order valence-electron chi connectivity index (χ1n) is 8.30. The summed E-state index contributed by atoms with van der Waals surface area (Å²) in [4.78, 5) is 8.65. The predicted molar refractivity (Wildman–Crippen MR) is 95.0 cm³/mol. The van der Waals surface area contributed by atoms with Gasteiger partial charge in [-0.1, -0.05) is 24.6 Å². The fraction of sp³-hybridized carbons (Fsp3) is 0.412. The third kappa shape index (κ3) is 4.08. The third-order valence-electron chi connectivity index (χ3n) is 4.18. The first kappa shape index (κ1) is 17.6. The summed E-state index contributed by atoms with van der Waals surface area (Å²) in [5, 5.41) is 3.07. The van der Waals surface area contributed by atoms with Gasteiger partial charge in [-0.3, -0.25) is 0 Å². The lowest BCUT2D eigenvalue weighted by Crippen LogP contribution is -2.36. The maximum Gasteiger partial charge on any atom is 0.243 e. The maximum atomic E-state index is 13.0. The highest BCUT2D eigenvalue weighted by atomic mass is 32.2. The molecule has 0 bridgehead atoms. The van der Waals surface area contributed by atoms with E-state index in [0.717, 1.165) is 19.3 Å². The van der Waals surface area contributed by atoms with E-state index in [1.165, 1.54) is 7.11 Å². The van der Waals surface area contributed by atoms with Gasteiger partial charge in [0.1, 0.15) is 0 Å². The third-order valence-corrected chi connectivity index (χ3v) is 6.18. The van der Waals surface area contributed by atoms with Gasteiger partial charge in [0.15, 0.2) is 0 Å². The minimum atomic E-state index is -3.48. The number of nitrogens with one attached hydrogen (secondary N) is 1. The van der Waals surface area contributed by atoms with E-state index < -0.39 is 10.0 Å². The van der Waals surface area contributed by atoms with Crippen molar-refractivity contribution in [1.82, 2.24) is 14.3 Å². The SMILES string of the molecule is COc1ccnc(NCc2ccccc2S(=O)(=O)N2CCCCC2)n1. The highest BCUT2D eigenvalue weighted by molar-refractivity contribution is 7.89. The first-order chi connectivity index (χ1) is 12.1. The van der Waals surface area contributed by atoms with E-state index in [-0.39, 0.29) is 0 Å². The Morgan fingerprint density at radius 3 is 2.68 bits per heavy atom. The highest BCUT2D eigenvalue weighted by Crippen LogP contribution is 2.24. The summed E-state index contributed by atoms with van der Waals surface area (Å²) in [5.74, 6) is 0.844. The van der Waals surface area contributed by atoms with Crippen LogP contribution in [-0.2, 0) is 16.6 Å². The molecule has 1 aromatic heterocycles. The fourth-order valence-corrected chi connectivity index (χ4v) is 4.60. The molecule has 1 N–H and O–H groups in total. The van der Waals surface area contributed by atoms with Crippen LogP contribution in [0.1, 0.15) is 24.8 Å². The van der Waals surface area contributed by atoms with Crippen LogP contribution in [-0.4, -0.2) is 42.9 Å². The minimum Gasteiger partial charge on any atom is -0.481 e. The molecule has 0 amide bonds. The van der Waals surface area contributed by atoms with E-state index in [0.29, 0.717) is 41.9 Å². The van der Waals surface area contributed by atoms with E-state index in [1.807, 2.05) is 12.1 Å². The van der Waals surface area contributed by atoms with Crippen LogP contribution in [0.2, 0.25) is 0 Å². The lowest BCUT2D eigenvalue weighted by atomic mass is 10.2. The summed E-state index contributed by atoms with van der Waals surface area (Å²) in [6, 6.07) is 8.71.